The smallest absolute Gasteiger partial charge is 0.299 e. The highest BCUT2D eigenvalue weighted by molar-refractivity contribution is 9.10. The van der Waals surface area contributed by atoms with Crippen molar-refractivity contribution in [1.82, 2.24) is 0 Å². The first kappa shape index (κ1) is 13.4. The summed E-state index contributed by atoms with van der Waals surface area (Å²) in [4.78, 5) is 25.7. The molecule has 7 heteroatoms. The van der Waals surface area contributed by atoms with Gasteiger partial charge in [-0.05, 0) is 33.4 Å². The number of fused-ring (bicyclic) bond motifs is 1. The van der Waals surface area contributed by atoms with Gasteiger partial charge in [-0.1, -0.05) is 0 Å². The second-order valence-corrected chi connectivity index (χ2v) is 6.05. The third-order valence-electron chi connectivity index (χ3n) is 3.01. The molecule has 102 valence electrons. The molecule has 0 radical (unpaired) electrons. The number of hydrogen-bond acceptors (Lipinski definition) is 3. The molecule has 0 N–H and O–H groups in total. The van der Waals surface area contributed by atoms with Crippen LogP contribution in [0.4, 0.5) is 14.5 Å². The maximum absolute atomic E-state index is 13.3. The normalized spacial score (nSPS) is 14.1. The van der Waals surface area contributed by atoms with Gasteiger partial charge in [0, 0.05) is 15.4 Å². The Morgan fingerprint density at radius 1 is 1.20 bits per heavy atom. The number of Topliss-reactive ketones (excluding diaryl/α,β-unsaturated/α-hetero) is 1. The van der Waals surface area contributed by atoms with Crippen molar-refractivity contribution in [2.75, 3.05) is 4.90 Å². The number of halogens is 3. The van der Waals surface area contributed by atoms with Gasteiger partial charge in [-0.15, -0.1) is 11.3 Å². The van der Waals surface area contributed by atoms with Crippen LogP contribution in [0.5, 0.6) is 0 Å². The molecule has 3 rings (SSSR count). The molecule has 0 saturated carbocycles. The van der Waals surface area contributed by atoms with Gasteiger partial charge < -0.3 is 0 Å². The highest BCUT2D eigenvalue weighted by atomic mass is 79.9. The molecule has 0 unspecified atom stereocenters. The Hall–Kier alpha value is -1.60. The minimum absolute atomic E-state index is 0.0958. The maximum Gasteiger partial charge on any atom is 0.299 e. The van der Waals surface area contributed by atoms with Gasteiger partial charge in [-0.25, -0.2) is 8.78 Å². The minimum atomic E-state index is -1.14. The van der Waals surface area contributed by atoms with E-state index in [0.717, 1.165) is 26.4 Å². The van der Waals surface area contributed by atoms with E-state index in [1.807, 2.05) is 11.4 Å². The third-order valence-corrected chi connectivity index (χ3v) is 4.92. The average Bonchev–Trinajstić information content (AvgIpc) is 2.90. The lowest BCUT2D eigenvalue weighted by Crippen LogP contribution is -2.28. The zero-order chi connectivity index (χ0) is 14.4. The largest absolute Gasteiger partial charge is 0.299 e. The van der Waals surface area contributed by atoms with Gasteiger partial charge in [0.2, 0.25) is 0 Å². The zero-order valence-electron chi connectivity index (χ0n) is 9.82. The first-order valence-corrected chi connectivity index (χ1v) is 7.23. The van der Waals surface area contributed by atoms with Gasteiger partial charge in [-0.2, -0.15) is 0 Å². The number of anilines is 1. The number of thiophene rings is 1. The Balaban J connectivity index is 2.06. The van der Waals surface area contributed by atoms with Gasteiger partial charge in [0.1, 0.15) is 0 Å². The summed E-state index contributed by atoms with van der Waals surface area (Å²) in [6, 6.07) is 3.47. The predicted molar refractivity (Wildman–Crippen MR) is 73.9 cm³/mol. The molecule has 0 aliphatic carbocycles. The van der Waals surface area contributed by atoms with E-state index in [-0.39, 0.29) is 17.8 Å². The summed E-state index contributed by atoms with van der Waals surface area (Å²) in [6.45, 7) is 0.140. The van der Waals surface area contributed by atoms with Crippen LogP contribution in [-0.4, -0.2) is 11.7 Å². The molecule has 2 aromatic rings. The van der Waals surface area contributed by atoms with E-state index >= 15 is 0 Å². The van der Waals surface area contributed by atoms with E-state index in [0.29, 0.717) is 0 Å². The fraction of sp³-hybridized carbons (Fsp3) is 0.0769. The molecule has 1 aromatic heterocycles. The molecule has 2 heterocycles. The van der Waals surface area contributed by atoms with Crippen LogP contribution in [0.2, 0.25) is 0 Å². The molecule has 0 bridgehead atoms. The summed E-state index contributed by atoms with van der Waals surface area (Å²) in [6.07, 6.45) is 0. The molecule has 3 nitrogen and oxygen atoms in total. The van der Waals surface area contributed by atoms with E-state index < -0.39 is 23.3 Å². The van der Waals surface area contributed by atoms with Crippen molar-refractivity contribution in [1.29, 1.82) is 0 Å². The van der Waals surface area contributed by atoms with E-state index in [2.05, 4.69) is 15.9 Å². The molecular weight excluding hydrogens is 352 g/mol. The highest BCUT2D eigenvalue weighted by Crippen LogP contribution is 2.34. The number of amides is 1. The summed E-state index contributed by atoms with van der Waals surface area (Å²) in [7, 11) is 0. The Labute approximate surface area is 124 Å². The summed E-state index contributed by atoms with van der Waals surface area (Å²) < 4.78 is 27.3. The minimum Gasteiger partial charge on any atom is -0.299 e. The number of rotatable bonds is 2. The highest BCUT2D eigenvalue weighted by Gasteiger charge is 2.37. The van der Waals surface area contributed by atoms with Crippen molar-refractivity contribution < 1.29 is 18.4 Å². The van der Waals surface area contributed by atoms with Crippen LogP contribution in [0.3, 0.4) is 0 Å². The van der Waals surface area contributed by atoms with Crippen LogP contribution in [0, 0.1) is 11.6 Å². The molecule has 1 aliphatic rings. The topological polar surface area (TPSA) is 37.4 Å². The lowest BCUT2D eigenvalue weighted by atomic mass is 10.1. The van der Waals surface area contributed by atoms with Gasteiger partial charge in [0.15, 0.2) is 11.6 Å². The lowest BCUT2D eigenvalue weighted by molar-refractivity contribution is -0.114. The van der Waals surface area contributed by atoms with Crippen molar-refractivity contribution in [3.8, 4) is 0 Å². The summed E-state index contributed by atoms with van der Waals surface area (Å²) in [5.74, 6) is -3.80. The first-order chi connectivity index (χ1) is 9.49. The number of benzene rings is 1. The molecule has 0 fully saturated rings. The van der Waals surface area contributed by atoms with Crippen LogP contribution >= 0.6 is 27.3 Å². The van der Waals surface area contributed by atoms with E-state index in [9.17, 15) is 18.4 Å². The van der Waals surface area contributed by atoms with Gasteiger partial charge in [0.25, 0.3) is 11.7 Å². The molecule has 0 atom stereocenters. The summed E-state index contributed by atoms with van der Waals surface area (Å²) in [5.41, 5.74) is 0.0146. The van der Waals surface area contributed by atoms with Crippen molar-refractivity contribution in [2.45, 2.75) is 6.54 Å². The van der Waals surface area contributed by atoms with E-state index in [1.165, 1.54) is 11.3 Å². The number of ketones is 1. The lowest BCUT2D eigenvalue weighted by Gasteiger charge is -2.15. The average molecular weight is 358 g/mol. The molecule has 20 heavy (non-hydrogen) atoms. The Morgan fingerprint density at radius 2 is 1.90 bits per heavy atom. The fourth-order valence-corrected chi connectivity index (χ4v) is 3.49. The number of nitrogens with zero attached hydrogens (tertiary/aromatic N) is 1. The third kappa shape index (κ3) is 1.97. The Morgan fingerprint density at radius 3 is 2.55 bits per heavy atom. The zero-order valence-corrected chi connectivity index (χ0v) is 12.2. The molecule has 1 amide bonds. The second kappa shape index (κ2) is 4.75. The fourth-order valence-electron chi connectivity index (χ4n) is 2.03. The van der Waals surface area contributed by atoms with Crippen LogP contribution in [0.1, 0.15) is 15.2 Å². The monoisotopic (exact) mass is 357 g/mol. The standard InChI is InChI=1S/C13H6BrF2NO2S/c14-7-1-2-20-11(7)5-17-10-4-9(16)8(15)3-6(10)12(18)13(17)19/h1-4H,5H2. The van der Waals surface area contributed by atoms with Crippen LogP contribution in [0.25, 0.3) is 0 Å². The van der Waals surface area contributed by atoms with Crippen LogP contribution in [-0.2, 0) is 11.3 Å². The summed E-state index contributed by atoms with van der Waals surface area (Å²) in [5, 5.41) is 1.83. The molecule has 1 aliphatic heterocycles. The Kier molecular flexibility index (Phi) is 3.18. The molecule has 1 aromatic carbocycles. The van der Waals surface area contributed by atoms with Crippen molar-refractivity contribution in [3.05, 3.63) is 50.1 Å². The van der Waals surface area contributed by atoms with Crippen LogP contribution < -0.4 is 4.90 Å². The first-order valence-electron chi connectivity index (χ1n) is 5.56. The summed E-state index contributed by atoms with van der Waals surface area (Å²) >= 11 is 4.73. The molecule has 0 saturated heterocycles. The molecular formula is C13H6BrF2NO2S. The van der Waals surface area contributed by atoms with Gasteiger partial charge >= 0.3 is 0 Å². The van der Waals surface area contributed by atoms with Gasteiger partial charge in [0.05, 0.1) is 17.8 Å². The van der Waals surface area contributed by atoms with Crippen molar-refractivity contribution >= 4 is 44.6 Å². The number of hydrogen-bond donors (Lipinski definition) is 0. The second-order valence-electron chi connectivity index (χ2n) is 4.20. The van der Waals surface area contributed by atoms with Crippen molar-refractivity contribution in [2.24, 2.45) is 0 Å². The Bertz CT molecular complexity index is 744. The van der Waals surface area contributed by atoms with Gasteiger partial charge in [-0.3, -0.25) is 14.5 Å². The van der Waals surface area contributed by atoms with Crippen LogP contribution in [0.15, 0.2) is 28.1 Å². The molecule has 0 spiro atoms. The van der Waals surface area contributed by atoms with E-state index in [1.54, 1.807) is 0 Å². The maximum atomic E-state index is 13.3. The van der Waals surface area contributed by atoms with E-state index in [4.69, 9.17) is 0 Å². The quantitative estimate of drug-likeness (QED) is 0.771. The predicted octanol–water partition coefficient (Wildman–Crippen LogP) is 3.52. The number of carbonyl (C=O) groups is 2. The SMILES string of the molecule is O=C1C(=O)N(Cc2sccc2Br)c2cc(F)c(F)cc21. The van der Waals surface area contributed by atoms with Crippen molar-refractivity contribution in [3.63, 3.8) is 0 Å². The number of carbonyl (C=O) groups excluding carboxylic acids is 2.